The molecule has 0 saturated heterocycles. The molecular weight excluding hydrogens is 218 g/mol. The molecule has 0 heterocycles. The van der Waals surface area contributed by atoms with Crippen LogP contribution >= 0.6 is 0 Å². The zero-order chi connectivity index (χ0) is 12.4. The monoisotopic (exact) mass is 236 g/mol. The second kappa shape index (κ2) is 4.63. The highest BCUT2D eigenvalue weighted by atomic mass is 19.3. The SMILES string of the molecule is CC(C)OCC(F)(F)NC(=O)CC1(N)CC1. The topological polar surface area (TPSA) is 64.3 Å². The van der Waals surface area contributed by atoms with E-state index in [2.05, 4.69) is 0 Å². The summed E-state index contributed by atoms with van der Waals surface area (Å²) in [5.74, 6) is -0.725. The Morgan fingerprint density at radius 3 is 2.56 bits per heavy atom. The molecule has 0 aromatic carbocycles. The van der Waals surface area contributed by atoms with Crippen molar-refractivity contribution in [3.05, 3.63) is 0 Å². The molecule has 1 fully saturated rings. The smallest absolute Gasteiger partial charge is 0.348 e. The fraction of sp³-hybridized carbons (Fsp3) is 0.900. The third-order valence-electron chi connectivity index (χ3n) is 2.33. The number of nitrogens with one attached hydrogen (secondary N) is 1. The van der Waals surface area contributed by atoms with Crippen molar-refractivity contribution in [2.24, 2.45) is 5.73 Å². The number of carbonyl (C=O) groups excluding carboxylic acids is 1. The minimum atomic E-state index is -3.33. The lowest BCUT2D eigenvalue weighted by molar-refractivity contribution is -0.145. The van der Waals surface area contributed by atoms with E-state index in [1.54, 1.807) is 19.2 Å². The van der Waals surface area contributed by atoms with Gasteiger partial charge in [-0.2, -0.15) is 8.78 Å². The molecule has 1 rings (SSSR count). The van der Waals surface area contributed by atoms with Gasteiger partial charge in [-0.05, 0) is 26.7 Å². The van der Waals surface area contributed by atoms with Gasteiger partial charge in [-0.3, -0.25) is 10.1 Å². The van der Waals surface area contributed by atoms with Crippen LogP contribution in [0.4, 0.5) is 8.78 Å². The minimum Gasteiger partial charge on any atom is -0.370 e. The number of alkyl halides is 2. The van der Waals surface area contributed by atoms with Gasteiger partial charge >= 0.3 is 6.05 Å². The maximum absolute atomic E-state index is 13.1. The van der Waals surface area contributed by atoms with E-state index in [1.807, 2.05) is 0 Å². The lowest BCUT2D eigenvalue weighted by atomic mass is 10.2. The molecule has 0 aromatic rings. The van der Waals surface area contributed by atoms with Gasteiger partial charge in [0.25, 0.3) is 0 Å². The molecule has 1 aliphatic carbocycles. The summed E-state index contributed by atoms with van der Waals surface area (Å²) in [5, 5.41) is 1.63. The van der Waals surface area contributed by atoms with Crippen molar-refractivity contribution in [2.45, 2.75) is 50.8 Å². The average molecular weight is 236 g/mol. The molecule has 0 radical (unpaired) electrons. The fourth-order valence-corrected chi connectivity index (χ4v) is 1.21. The Labute approximate surface area is 93.5 Å². The summed E-state index contributed by atoms with van der Waals surface area (Å²) >= 11 is 0. The molecular formula is C10H18F2N2O2. The number of hydrogen-bond acceptors (Lipinski definition) is 3. The van der Waals surface area contributed by atoms with Crippen molar-refractivity contribution in [2.75, 3.05) is 6.61 Å². The molecule has 6 heteroatoms. The summed E-state index contributed by atoms with van der Waals surface area (Å²) in [6, 6.07) is -3.33. The standard InChI is InChI=1S/C10H18F2N2O2/c1-7(2)16-6-10(11,12)14-8(15)5-9(13)3-4-9/h7H,3-6,13H2,1-2H3,(H,14,15). The Bertz CT molecular complexity index is 266. The van der Waals surface area contributed by atoms with Crippen LogP contribution in [0.2, 0.25) is 0 Å². The first-order valence-corrected chi connectivity index (χ1v) is 5.32. The first-order valence-electron chi connectivity index (χ1n) is 5.32. The highest BCUT2D eigenvalue weighted by Gasteiger charge is 2.42. The van der Waals surface area contributed by atoms with E-state index in [4.69, 9.17) is 10.5 Å². The number of halogens is 2. The normalized spacial score (nSPS) is 18.6. The van der Waals surface area contributed by atoms with Crippen molar-refractivity contribution >= 4 is 5.91 Å². The molecule has 0 spiro atoms. The van der Waals surface area contributed by atoms with Gasteiger partial charge in [-0.25, -0.2) is 0 Å². The number of amides is 1. The van der Waals surface area contributed by atoms with E-state index in [0.29, 0.717) is 12.8 Å². The molecule has 1 saturated carbocycles. The predicted molar refractivity (Wildman–Crippen MR) is 54.9 cm³/mol. The van der Waals surface area contributed by atoms with Crippen molar-refractivity contribution in [1.29, 1.82) is 0 Å². The molecule has 16 heavy (non-hydrogen) atoms. The number of hydrogen-bond donors (Lipinski definition) is 2. The number of nitrogens with two attached hydrogens (primary N) is 1. The van der Waals surface area contributed by atoms with Crippen LogP contribution in [0.15, 0.2) is 0 Å². The van der Waals surface area contributed by atoms with Crippen molar-refractivity contribution in [3.8, 4) is 0 Å². The van der Waals surface area contributed by atoms with Gasteiger partial charge in [0.1, 0.15) is 6.61 Å². The molecule has 0 unspecified atom stereocenters. The largest absolute Gasteiger partial charge is 0.370 e. The molecule has 4 nitrogen and oxygen atoms in total. The van der Waals surface area contributed by atoms with Crippen LogP contribution in [0.25, 0.3) is 0 Å². The predicted octanol–water partition coefficient (Wildman–Crippen LogP) is 1.00. The van der Waals surface area contributed by atoms with Crippen molar-refractivity contribution < 1.29 is 18.3 Å². The van der Waals surface area contributed by atoms with Crippen LogP contribution in [0, 0.1) is 0 Å². The van der Waals surface area contributed by atoms with Crippen LogP contribution in [0.3, 0.4) is 0 Å². The molecule has 0 aromatic heterocycles. The van der Waals surface area contributed by atoms with Crippen molar-refractivity contribution in [3.63, 3.8) is 0 Å². The molecule has 1 amide bonds. The molecule has 0 atom stereocenters. The quantitative estimate of drug-likeness (QED) is 0.676. The minimum absolute atomic E-state index is 0.0513. The van der Waals surface area contributed by atoms with Gasteiger partial charge in [0.05, 0.1) is 6.10 Å². The Morgan fingerprint density at radius 1 is 1.56 bits per heavy atom. The highest BCUT2D eigenvalue weighted by molar-refractivity contribution is 5.78. The van der Waals surface area contributed by atoms with Gasteiger partial charge < -0.3 is 10.5 Å². The first-order chi connectivity index (χ1) is 7.22. The van der Waals surface area contributed by atoms with Gasteiger partial charge in [0.2, 0.25) is 5.91 Å². The van der Waals surface area contributed by atoms with E-state index >= 15 is 0 Å². The fourth-order valence-electron chi connectivity index (χ4n) is 1.21. The summed E-state index contributed by atoms with van der Waals surface area (Å²) in [4.78, 5) is 11.2. The number of carbonyl (C=O) groups is 1. The van der Waals surface area contributed by atoms with Crippen LogP contribution in [-0.2, 0) is 9.53 Å². The zero-order valence-electron chi connectivity index (χ0n) is 9.56. The van der Waals surface area contributed by atoms with Gasteiger partial charge in [-0.15, -0.1) is 0 Å². The molecule has 0 bridgehead atoms. The summed E-state index contributed by atoms with van der Waals surface area (Å²) in [7, 11) is 0. The summed E-state index contributed by atoms with van der Waals surface area (Å²) in [6.07, 6.45) is 1.08. The van der Waals surface area contributed by atoms with E-state index in [1.165, 1.54) is 0 Å². The van der Waals surface area contributed by atoms with Gasteiger partial charge in [0, 0.05) is 12.0 Å². The number of ether oxygens (including phenoxy) is 1. The molecule has 3 N–H and O–H groups in total. The van der Waals surface area contributed by atoms with Crippen molar-refractivity contribution in [1.82, 2.24) is 5.32 Å². The first kappa shape index (κ1) is 13.3. The van der Waals surface area contributed by atoms with Crippen LogP contribution < -0.4 is 11.1 Å². The zero-order valence-corrected chi connectivity index (χ0v) is 9.56. The summed E-state index contributed by atoms with van der Waals surface area (Å²) < 4.78 is 31.0. The summed E-state index contributed by atoms with van der Waals surface area (Å²) in [6.45, 7) is 2.49. The molecule has 0 aliphatic heterocycles. The van der Waals surface area contributed by atoms with Gasteiger partial charge in [0.15, 0.2) is 0 Å². The Hall–Kier alpha value is -0.750. The van der Waals surface area contributed by atoms with E-state index in [-0.39, 0.29) is 12.5 Å². The second-order valence-electron chi connectivity index (χ2n) is 4.65. The van der Waals surface area contributed by atoms with Crippen LogP contribution in [0.5, 0.6) is 0 Å². The van der Waals surface area contributed by atoms with E-state index in [9.17, 15) is 13.6 Å². The van der Waals surface area contributed by atoms with E-state index < -0.39 is 24.1 Å². The maximum atomic E-state index is 13.1. The third kappa shape index (κ3) is 4.85. The average Bonchev–Trinajstić information content (AvgIpc) is 2.78. The highest BCUT2D eigenvalue weighted by Crippen LogP contribution is 2.35. The lowest BCUT2D eigenvalue weighted by Crippen LogP contribution is -2.47. The number of rotatable bonds is 6. The Kier molecular flexibility index (Phi) is 3.85. The maximum Gasteiger partial charge on any atom is 0.348 e. The summed E-state index contributed by atoms with van der Waals surface area (Å²) in [5.41, 5.74) is 5.10. The second-order valence-corrected chi connectivity index (χ2v) is 4.65. The molecule has 94 valence electrons. The molecule has 1 aliphatic rings. The van der Waals surface area contributed by atoms with E-state index in [0.717, 1.165) is 0 Å². The Morgan fingerprint density at radius 2 is 2.12 bits per heavy atom. The van der Waals surface area contributed by atoms with Gasteiger partial charge in [-0.1, -0.05) is 0 Å². The third-order valence-corrected chi connectivity index (χ3v) is 2.33. The van der Waals surface area contributed by atoms with Crippen LogP contribution in [0.1, 0.15) is 33.1 Å². The lowest BCUT2D eigenvalue weighted by Gasteiger charge is -2.20. The van der Waals surface area contributed by atoms with Crippen LogP contribution in [-0.4, -0.2) is 30.2 Å². The Balaban J connectivity index is 2.30.